The van der Waals surface area contributed by atoms with Crippen LogP contribution in [0.4, 0.5) is 0 Å². The van der Waals surface area contributed by atoms with Crippen molar-refractivity contribution in [3.63, 3.8) is 0 Å². The van der Waals surface area contributed by atoms with Crippen molar-refractivity contribution < 1.29 is 9.53 Å². The minimum atomic E-state index is 0.232. The maximum atomic E-state index is 12.7. The summed E-state index contributed by atoms with van der Waals surface area (Å²) in [5.41, 5.74) is 0.982. The van der Waals surface area contributed by atoms with Crippen LogP contribution in [0.1, 0.15) is 31.2 Å². The topological polar surface area (TPSA) is 41.6 Å². The number of rotatable bonds is 6. The van der Waals surface area contributed by atoms with Gasteiger partial charge in [0.1, 0.15) is 5.75 Å². The zero-order valence-electron chi connectivity index (χ0n) is 12.7. The molecule has 1 unspecified atom stereocenters. The van der Waals surface area contributed by atoms with Gasteiger partial charge in [-0.25, -0.2) is 0 Å². The Morgan fingerprint density at radius 2 is 2.14 bits per heavy atom. The molecule has 0 bridgehead atoms. The molecule has 114 valence electrons. The second-order valence-corrected chi connectivity index (χ2v) is 6.06. The predicted octanol–water partition coefficient (Wildman–Crippen LogP) is 1.98. The van der Waals surface area contributed by atoms with Crippen molar-refractivity contribution in [2.45, 2.75) is 44.2 Å². The number of amides is 1. The first-order valence-electron chi connectivity index (χ1n) is 7.92. The highest BCUT2D eigenvalue weighted by atomic mass is 16.5. The van der Waals surface area contributed by atoms with E-state index in [2.05, 4.69) is 10.2 Å². The Hall–Kier alpha value is -1.55. The van der Waals surface area contributed by atoms with Crippen molar-refractivity contribution in [3.05, 3.63) is 29.8 Å². The molecule has 1 saturated heterocycles. The number of hydrogen-bond donors (Lipinski definition) is 1. The van der Waals surface area contributed by atoms with Crippen LogP contribution >= 0.6 is 0 Å². The molecule has 0 radical (unpaired) electrons. The highest BCUT2D eigenvalue weighted by Crippen LogP contribution is 2.29. The van der Waals surface area contributed by atoms with Crippen molar-refractivity contribution in [1.29, 1.82) is 0 Å². The number of benzene rings is 1. The van der Waals surface area contributed by atoms with E-state index in [0.717, 1.165) is 37.2 Å². The number of methoxy groups -OCH3 is 1. The van der Waals surface area contributed by atoms with Crippen LogP contribution in [0, 0.1) is 0 Å². The highest BCUT2D eigenvalue weighted by Gasteiger charge is 2.34. The Morgan fingerprint density at radius 3 is 2.81 bits per heavy atom. The van der Waals surface area contributed by atoms with Gasteiger partial charge in [0.25, 0.3) is 0 Å². The molecule has 1 aromatic rings. The Morgan fingerprint density at radius 1 is 1.33 bits per heavy atom. The summed E-state index contributed by atoms with van der Waals surface area (Å²) in [5, 5.41) is 3.49. The van der Waals surface area contributed by atoms with Crippen LogP contribution < -0.4 is 10.1 Å². The molecular weight excluding hydrogens is 264 g/mol. The molecule has 1 saturated carbocycles. The van der Waals surface area contributed by atoms with E-state index in [0.29, 0.717) is 18.5 Å². The number of para-hydroxylation sites is 1. The largest absolute Gasteiger partial charge is 0.496 e. The smallest absolute Gasteiger partial charge is 0.227 e. The van der Waals surface area contributed by atoms with Gasteiger partial charge in [-0.1, -0.05) is 18.2 Å². The zero-order valence-corrected chi connectivity index (χ0v) is 12.7. The third-order valence-corrected chi connectivity index (χ3v) is 4.42. The quantitative estimate of drug-likeness (QED) is 0.870. The van der Waals surface area contributed by atoms with E-state index in [1.165, 1.54) is 12.8 Å². The highest BCUT2D eigenvalue weighted by molar-refractivity contribution is 5.80. The normalized spacial score (nSPS) is 21.3. The molecule has 21 heavy (non-hydrogen) atoms. The van der Waals surface area contributed by atoms with Crippen LogP contribution in [0.5, 0.6) is 5.75 Å². The second-order valence-electron chi connectivity index (χ2n) is 6.06. The summed E-state index contributed by atoms with van der Waals surface area (Å²) in [6.45, 7) is 1.95. The third kappa shape index (κ3) is 3.56. The van der Waals surface area contributed by atoms with Crippen molar-refractivity contribution in [2.24, 2.45) is 0 Å². The lowest BCUT2D eigenvalue weighted by atomic mass is 10.1. The van der Waals surface area contributed by atoms with Crippen LogP contribution in [0.25, 0.3) is 0 Å². The number of carbonyl (C=O) groups is 1. The van der Waals surface area contributed by atoms with Crippen molar-refractivity contribution >= 4 is 5.91 Å². The minimum absolute atomic E-state index is 0.232. The SMILES string of the molecule is COc1ccccc1CC(=O)N(CC1CCCN1)C1CC1. The van der Waals surface area contributed by atoms with Crippen LogP contribution in [-0.4, -0.2) is 43.1 Å². The standard InChI is InChI=1S/C17H24N2O2/c1-21-16-7-3-2-5-13(16)11-17(20)19(15-8-9-15)12-14-6-4-10-18-14/h2-3,5,7,14-15,18H,4,6,8-12H2,1H3. The molecule has 4 heteroatoms. The summed E-state index contributed by atoms with van der Waals surface area (Å²) >= 11 is 0. The van der Waals surface area contributed by atoms with Crippen molar-refractivity contribution in [3.8, 4) is 5.75 Å². The summed E-state index contributed by atoms with van der Waals surface area (Å²) in [6.07, 6.45) is 5.16. The summed E-state index contributed by atoms with van der Waals surface area (Å²) < 4.78 is 5.35. The fourth-order valence-electron chi connectivity index (χ4n) is 3.10. The molecular formula is C17H24N2O2. The molecule has 0 aromatic heterocycles. The maximum absolute atomic E-state index is 12.7. The maximum Gasteiger partial charge on any atom is 0.227 e. The van der Waals surface area contributed by atoms with Gasteiger partial charge in [0.05, 0.1) is 13.5 Å². The monoisotopic (exact) mass is 288 g/mol. The molecule has 1 aromatic carbocycles. The summed E-state index contributed by atoms with van der Waals surface area (Å²) in [7, 11) is 1.66. The zero-order chi connectivity index (χ0) is 14.7. The molecule has 1 heterocycles. The molecule has 0 spiro atoms. The molecule has 1 aliphatic carbocycles. The average molecular weight is 288 g/mol. The summed E-state index contributed by atoms with van der Waals surface area (Å²) in [5.74, 6) is 1.04. The van der Waals surface area contributed by atoms with Crippen LogP contribution in [-0.2, 0) is 11.2 Å². The number of nitrogens with zero attached hydrogens (tertiary/aromatic N) is 1. The van der Waals surface area contributed by atoms with E-state index in [1.54, 1.807) is 7.11 Å². The first-order valence-corrected chi connectivity index (χ1v) is 7.92. The fourth-order valence-corrected chi connectivity index (χ4v) is 3.10. The molecule has 2 aliphatic rings. The van der Waals surface area contributed by atoms with Gasteiger partial charge in [-0.15, -0.1) is 0 Å². The molecule has 1 aliphatic heterocycles. The average Bonchev–Trinajstić information content (AvgIpc) is 3.21. The van der Waals surface area contributed by atoms with Gasteiger partial charge in [-0.3, -0.25) is 4.79 Å². The Balaban J connectivity index is 1.66. The summed E-state index contributed by atoms with van der Waals surface area (Å²) in [6, 6.07) is 8.75. The Kier molecular flexibility index (Phi) is 4.44. The van der Waals surface area contributed by atoms with Gasteiger partial charge < -0.3 is 15.0 Å². The lowest BCUT2D eigenvalue weighted by molar-refractivity contribution is -0.131. The third-order valence-electron chi connectivity index (χ3n) is 4.42. The second kappa shape index (κ2) is 6.48. The molecule has 4 nitrogen and oxygen atoms in total. The van der Waals surface area contributed by atoms with Crippen molar-refractivity contribution in [2.75, 3.05) is 20.2 Å². The summed E-state index contributed by atoms with van der Waals surface area (Å²) in [4.78, 5) is 14.8. The number of ether oxygens (including phenoxy) is 1. The van der Waals surface area contributed by atoms with Gasteiger partial charge in [0.15, 0.2) is 0 Å². The Bertz CT molecular complexity index is 493. The first-order chi connectivity index (χ1) is 10.3. The van der Waals surface area contributed by atoms with Gasteiger partial charge in [-0.05, 0) is 38.3 Å². The van der Waals surface area contributed by atoms with E-state index in [-0.39, 0.29) is 5.91 Å². The molecule has 2 fully saturated rings. The molecule has 1 amide bonds. The van der Waals surface area contributed by atoms with Crippen LogP contribution in [0.15, 0.2) is 24.3 Å². The number of nitrogens with one attached hydrogen (secondary N) is 1. The van der Waals surface area contributed by atoms with Gasteiger partial charge >= 0.3 is 0 Å². The minimum Gasteiger partial charge on any atom is -0.496 e. The lowest BCUT2D eigenvalue weighted by Gasteiger charge is -2.26. The van der Waals surface area contributed by atoms with Crippen molar-refractivity contribution in [1.82, 2.24) is 10.2 Å². The number of hydrogen-bond acceptors (Lipinski definition) is 3. The Labute approximate surface area is 126 Å². The van der Waals surface area contributed by atoms with E-state index in [4.69, 9.17) is 4.74 Å². The van der Waals surface area contributed by atoms with Crippen LogP contribution in [0.2, 0.25) is 0 Å². The lowest BCUT2D eigenvalue weighted by Crippen LogP contribution is -2.43. The number of carbonyl (C=O) groups excluding carboxylic acids is 1. The van der Waals surface area contributed by atoms with Gasteiger partial charge in [0.2, 0.25) is 5.91 Å². The van der Waals surface area contributed by atoms with Gasteiger partial charge in [-0.2, -0.15) is 0 Å². The van der Waals surface area contributed by atoms with E-state index in [9.17, 15) is 4.79 Å². The van der Waals surface area contributed by atoms with Crippen LogP contribution in [0.3, 0.4) is 0 Å². The molecule has 3 rings (SSSR count). The van der Waals surface area contributed by atoms with Gasteiger partial charge in [0, 0.05) is 24.2 Å². The molecule has 1 atom stereocenters. The van der Waals surface area contributed by atoms with E-state index < -0.39 is 0 Å². The first kappa shape index (κ1) is 14.4. The van der Waals surface area contributed by atoms with E-state index >= 15 is 0 Å². The van der Waals surface area contributed by atoms with E-state index in [1.807, 2.05) is 24.3 Å². The fraction of sp³-hybridized carbons (Fsp3) is 0.588. The predicted molar refractivity (Wildman–Crippen MR) is 82.5 cm³/mol. The molecule has 1 N–H and O–H groups in total.